The second-order valence-corrected chi connectivity index (χ2v) is 4.38. The summed E-state index contributed by atoms with van der Waals surface area (Å²) in [4.78, 5) is 11.1. The van der Waals surface area contributed by atoms with Gasteiger partial charge < -0.3 is 9.84 Å². The van der Waals surface area contributed by atoms with Crippen molar-refractivity contribution >= 4 is 5.97 Å². The fourth-order valence-corrected chi connectivity index (χ4v) is 2.08. The summed E-state index contributed by atoms with van der Waals surface area (Å²) in [5.41, 5.74) is -1.94. The van der Waals surface area contributed by atoms with E-state index in [-0.39, 0.29) is 11.1 Å². The van der Waals surface area contributed by atoms with Gasteiger partial charge in [0.15, 0.2) is 0 Å². The fraction of sp³-hybridized carbons (Fsp3) is 0.133. The summed E-state index contributed by atoms with van der Waals surface area (Å²) in [7, 11) is 1.09. The number of halogens is 4. The Hall–Kier alpha value is -2.57. The third-order valence-electron chi connectivity index (χ3n) is 3.04. The van der Waals surface area contributed by atoms with E-state index in [4.69, 9.17) is 5.11 Å². The summed E-state index contributed by atoms with van der Waals surface area (Å²) >= 11 is 0. The highest BCUT2D eigenvalue weighted by atomic mass is 19.4. The number of carboxylic acid groups (broad SMARTS) is 1. The average Bonchev–Trinajstić information content (AvgIpc) is 2.45. The number of aromatic carboxylic acids is 1. The molecule has 0 radical (unpaired) electrons. The van der Waals surface area contributed by atoms with Crippen molar-refractivity contribution in [1.29, 1.82) is 0 Å². The molecule has 0 spiro atoms. The summed E-state index contributed by atoms with van der Waals surface area (Å²) in [5.74, 6) is -2.98. The van der Waals surface area contributed by atoms with Gasteiger partial charge in [0.05, 0.1) is 12.7 Å². The van der Waals surface area contributed by atoms with Crippen LogP contribution in [0, 0.1) is 5.82 Å². The Kier molecular flexibility index (Phi) is 4.07. The van der Waals surface area contributed by atoms with Gasteiger partial charge in [-0.15, -0.1) is 0 Å². The molecule has 2 aromatic rings. The van der Waals surface area contributed by atoms with E-state index in [2.05, 4.69) is 4.74 Å². The van der Waals surface area contributed by atoms with Crippen LogP contribution in [-0.2, 0) is 6.18 Å². The largest absolute Gasteiger partial charge is 0.496 e. The smallest absolute Gasteiger partial charge is 0.419 e. The van der Waals surface area contributed by atoms with E-state index in [1.54, 1.807) is 0 Å². The number of ether oxygens (including phenoxy) is 1. The van der Waals surface area contributed by atoms with Crippen molar-refractivity contribution in [3.8, 4) is 16.9 Å². The van der Waals surface area contributed by atoms with Gasteiger partial charge in [-0.05, 0) is 29.3 Å². The number of alkyl halides is 3. The van der Waals surface area contributed by atoms with Gasteiger partial charge in [-0.2, -0.15) is 13.2 Å². The van der Waals surface area contributed by atoms with Gasteiger partial charge in [-0.1, -0.05) is 18.2 Å². The number of methoxy groups -OCH3 is 1. The van der Waals surface area contributed by atoms with Crippen LogP contribution in [0.1, 0.15) is 15.9 Å². The molecule has 0 aliphatic carbocycles. The Morgan fingerprint density at radius 1 is 1.18 bits per heavy atom. The maximum Gasteiger partial charge on any atom is 0.419 e. The maximum absolute atomic E-state index is 13.6. The molecule has 0 saturated carbocycles. The lowest BCUT2D eigenvalue weighted by Crippen LogP contribution is -2.08. The molecule has 0 fully saturated rings. The highest BCUT2D eigenvalue weighted by Crippen LogP contribution is 2.39. The summed E-state index contributed by atoms with van der Waals surface area (Å²) in [6, 6.07) is 6.45. The first-order valence-corrected chi connectivity index (χ1v) is 6.03. The van der Waals surface area contributed by atoms with Crippen LogP contribution in [0.2, 0.25) is 0 Å². The summed E-state index contributed by atoms with van der Waals surface area (Å²) < 4.78 is 57.3. The Labute approximate surface area is 122 Å². The SMILES string of the molecule is COc1ccc(-c2cccc(F)c2C(=O)O)cc1C(F)(F)F. The van der Waals surface area contributed by atoms with Crippen molar-refractivity contribution in [3.05, 3.63) is 53.3 Å². The van der Waals surface area contributed by atoms with E-state index in [0.29, 0.717) is 0 Å². The van der Waals surface area contributed by atoms with Crippen LogP contribution in [0.25, 0.3) is 11.1 Å². The third-order valence-corrected chi connectivity index (χ3v) is 3.04. The molecule has 0 unspecified atom stereocenters. The molecule has 0 saturated heterocycles. The van der Waals surface area contributed by atoms with Crippen molar-refractivity contribution in [2.45, 2.75) is 6.18 Å². The number of hydrogen-bond donors (Lipinski definition) is 1. The summed E-state index contributed by atoms with van der Waals surface area (Å²) in [5, 5.41) is 9.05. The number of carboxylic acids is 1. The molecule has 3 nitrogen and oxygen atoms in total. The fourth-order valence-electron chi connectivity index (χ4n) is 2.08. The first-order valence-electron chi connectivity index (χ1n) is 6.03. The number of benzene rings is 2. The second kappa shape index (κ2) is 5.67. The van der Waals surface area contributed by atoms with Gasteiger partial charge in [0.25, 0.3) is 0 Å². The lowest BCUT2D eigenvalue weighted by atomic mass is 9.97. The van der Waals surface area contributed by atoms with Crippen molar-refractivity contribution in [2.24, 2.45) is 0 Å². The van der Waals surface area contributed by atoms with Gasteiger partial charge in [-0.25, -0.2) is 9.18 Å². The Balaban J connectivity index is 2.70. The maximum atomic E-state index is 13.6. The molecule has 2 rings (SSSR count). The van der Waals surface area contributed by atoms with Crippen molar-refractivity contribution in [3.63, 3.8) is 0 Å². The molecule has 0 aliphatic heterocycles. The zero-order valence-corrected chi connectivity index (χ0v) is 11.2. The molecule has 0 bridgehead atoms. The zero-order valence-electron chi connectivity index (χ0n) is 11.2. The molecular formula is C15H10F4O3. The van der Waals surface area contributed by atoms with E-state index in [9.17, 15) is 22.4 Å². The molecule has 22 heavy (non-hydrogen) atoms. The summed E-state index contributed by atoms with van der Waals surface area (Å²) in [6.45, 7) is 0. The van der Waals surface area contributed by atoms with Crippen LogP contribution in [0.4, 0.5) is 17.6 Å². The van der Waals surface area contributed by atoms with E-state index in [0.717, 1.165) is 25.3 Å². The normalized spacial score (nSPS) is 11.3. The number of rotatable bonds is 3. The first-order chi connectivity index (χ1) is 10.3. The molecule has 7 heteroatoms. The highest BCUT2D eigenvalue weighted by Gasteiger charge is 2.35. The van der Waals surface area contributed by atoms with Gasteiger partial charge in [0.1, 0.15) is 17.1 Å². The van der Waals surface area contributed by atoms with E-state index < -0.39 is 34.8 Å². The number of hydrogen-bond acceptors (Lipinski definition) is 2. The summed E-state index contributed by atoms with van der Waals surface area (Å²) in [6.07, 6.45) is -4.68. The van der Waals surface area contributed by atoms with E-state index in [1.807, 2.05) is 0 Å². The molecule has 116 valence electrons. The molecule has 1 N–H and O–H groups in total. The predicted octanol–water partition coefficient (Wildman–Crippen LogP) is 4.22. The molecule has 0 heterocycles. The average molecular weight is 314 g/mol. The van der Waals surface area contributed by atoms with Crippen LogP contribution in [0.15, 0.2) is 36.4 Å². The third kappa shape index (κ3) is 2.88. The van der Waals surface area contributed by atoms with Crippen LogP contribution >= 0.6 is 0 Å². The lowest BCUT2D eigenvalue weighted by molar-refractivity contribution is -0.138. The minimum absolute atomic E-state index is 0.0648. The predicted molar refractivity (Wildman–Crippen MR) is 70.3 cm³/mol. The Morgan fingerprint density at radius 3 is 2.41 bits per heavy atom. The van der Waals surface area contributed by atoms with E-state index >= 15 is 0 Å². The van der Waals surface area contributed by atoms with Crippen LogP contribution in [0.5, 0.6) is 5.75 Å². The molecule has 0 amide bonds. The quantitative estimate of drug-likeness (QED) is 0.863. The highest BCUT2D eigenvalue weighted by molar-refractivity contribution is 5.96. The molecule has 0 aromatic heterocycles. The first kappa shape index (κ1) is 15.8. The molecule has 0 atom stereocenters. The van der Waals surface area contributed by atoms with Crippen molar-refractivity contribution < 1.29 is 32.2 Å². The minimum Gasteiger partial charge on any atom is -0.496 e. The van der Waals surface area contributed by atoms with Gasteiger partial charge in [0.2, 0.25) is 0 Å². The van der Waals surface area contributed by atoms with E-state index in [1.165, 1.54) is 18.2 Å². The molecule has 2 aromatic carbocycles. The standard InChI is InChI=1S/C15H10F4O3/c1-22-12-6-5-8(7-10(12)15(17,18)19)9-3-2-4-11(16)13(9)14(20)21/h2-7H,1H3,(H,20,21). The minimum atomic E-state index is -4.68. The monoisotopic (exact) mass is 314 g/mol. The van der Waals surface area contributed by atoms with Crippen LogP contribution in [-0.4, -0.2) is 18.2 Å². The van der Waals surface area contributed by atoms with Crippen LogP contribution in [0.3, 0.4) is 0 Å². The van der Waals surface area contributed by atoms with Crippen molar-refractivity contribution in [1.82, 2.24) is 0 Å². The number of carbonyl (C=O) groups is 1. The Bertz CT molecular complexity index is 723. The zero-order chi connectivity index (χ0) is 16.5. The lowest BCUT2D eigenvalue weighted by Gasteiger charge is -2.14. The van der Waals surface area contributed by atoms with Gasteiger partial charge >= 0.3 is 12.1 Å². The van der Waals surface area contributed by atoms with Crippen LogP contribution < -0.4 is 4.74 Å². The molecule has 0 aliphatic rings. The van der Waals surface area contributed by atoms with Crippen molar-refractivity contribution in [2.75, 3.05) is 7.11 Å². The van der Waals surface area contributed by atoms with Gasteiger partial charge in [0, 0.05) is 0 Å². The van der Waals surface area contributed by atoms with Gasteiger partial charge in [-0.3, -0.25) is 0 Å². The Morgan fingerprint density at radius 2 is 1.86 bits per heavy atom. The second-order valence-electron chi connectivity index (χ2n) is 4.38. The topological polar surface area (TPSA) is 46.5 Å². The molecular weight excluding hydrogens is 304 g/mol.